The summed E-state index contributed by atoms with van der Waals surface area (Å²) in [5, 5.41) is 0. The minimum atomic E-state index is -0.341. The number of nitrogens with zero attached hydrogens (tertiary/aromatic N) is 2. The number of benzene rings is 1. The fraction of sp³-hybridized carbons (Fsp3) is 0.429. The molecule has 0 amide bonds. The summed E-state index contributed by atoms with van der Waals surface area (Å²) >= 11 is 1.21. The van der Waals surface area contributed by atoms with Crippen molar-refractivity contribution in [2.24, 2.45) is 0 Å². The molecule has 0 saturated carbocycles. The molecule has 0 N–H and O–H groups in total. The molecular formula is C14H17BN2O2S. The van der Waals surface area contributed by atoms with Gasteiger partial charge in [-0.2, -0.15) is 8.75 Å². The summed E-state index contributed by atoms with van der Waals surface area (Å²) in [6, 6.07) is 8.09. The van der Waals surface area contributed by atoms with Gasteiger partial charge in [0.05, 0.1) is 29.1 Å². The van der Waals surface area contributed by atoms with Crippen molar-refractivity contribution in [3.63, 3.8) is 0 Å². The molecule has 0 unspecified atom stereocenters. The minimum Gasteiger partial charge on any atom is -0.399 e. The summed E-state index contributed by atoms with van der Waals surface area (Å²) in [7, 11) is -0.341. The van der Waals surface area contributed by atoms with Crippen LogP contribution >= 0.6 is 11.7 Å². The molecule has 1 aromatic heterocycles. The lowest BCUT2D eigenvalue weighted by Gasteiger charge is -2.32. The van der Waals surface area contributed by atoms with Crippen LogP contribution in [0.4, 0.5) is 0 Å². The molecule has 20 heavy (non-hydrogen) atoms. The van der Waals surface area contributed by atoms with Crippen molar-refractivity contribution < 1.29 is 9.31 Å². The molecule has 6 heteroatoms. The van der Waals surface area contributed by atoms with E-state index >= 15 is 0 Å². The van der Waals surface area contributed by atoms with Gasteiger partial charge in [0.2, 0.25) is 0 Å². The molecule has 1 aliphatic rings. The predicted molar refractivity (Wildman–Crippen MR) is 81.1 cm³/mol. The van der Waals surface area contributed by atoms with E-state index in [9.17, 15) is 0 Å². The SMILES string of the molecule is CC1(C)OB(c2cccc(-c3cnsn3)c2)OC1(C)C. The number of aromatic nitrogens is 2. The molecule has 104 valence electrons. The quantitative estimate of drug-likeness (QED) is 0.796. The Labute approximate surface area is 123 Å². The summed E-state index contributed by atoms with van der Waals surface area (Å²) in [6.07, 6.45) is 1.77. The largest absolute Gasteiger partial charge is 0.494 e. The molecule has 0 radical (unpaired) electrons. The molecule has 0 aliphatic carbocycles. The van der Waals surface area contributed by atoms with Crippen molar-refractivity contribution in [3.05, 3.63) is 30.5 Å². The molecular weight excluding hydrogens is 271 g/mol. The summed E-state index contributed by atoms with van der Waals surface area (Å²) in [5.74, 6) is 0. The Morgan fingerprint density at radius 1 is 1.10 bits per heavy atom. The molecule has 0 atom stereocenters. The van der Waals surface area contributed by atoms with E-state index in [0.29, 0.717) is 0 Å². The van der Waals surface area contributed by atoms with Gasteiger partial charge in [0.15, 0.2) is 0 Å². The average molecular weight is 288 g/mol. The maximum absolute atomic E-state index is 6.07. The van der Waals surface area contributed by atoms with Gasteiger partial charge in [0, 0.05) is 5.56 Å². The van der Waals surface area contributed by atoms with Gasteiger partial charge in [-0.3, -0.25) is 0 Å². The third-order valence-corrected chi connectivity index (χ3v) is 4.55. The zero-order valence-corrected chi connectivity index (χ0v) is 12.9. The first kappa shape index (κ1) is 13.7. The third-order valence-electron chi connectivity index (χ3n) is 4.07. The van der Waals surface area contributed by atoms with Crippen LogP contribution in [0.15, 0.2) is 30.5 Å². The molecule has 1 saturated heterocycles. The molecule has 0 spiro atoms. The van der Waals surface area contributed by atoms with Crippen molar-refractivity contribution in [1.82, 2.24) is 8.75 Å². The van der Waals surface area contributed by atoms with Crippen molar-refractivity contribution in [2.75, 3.05) is 0 Å². The van der Waals surface area contributed by atoms with Crippen LogP contribution in [0.2, 0.25) is 0 Å². The lowest BCUT2D eigenvalue weighted by Crippen LogP contribution is -2.41. The Balaban J connectivity index is 1.91. The molecule has 0 bridgehead atoms. The molecule has 1 fully saturated rings. The van der Waals surface area contributed by atoms with Crippen LogP contribution in [0.25, 0.3) is 11.3 Å². The number of hydrogen-bond acceptors (Lipinski definition) is 5. The van der Waals surface area contributed by atoms with Crippen LogP contribution in [0.1, 0.15) is 27.7 Å². The molecule has 3 rings (SSSR count). The first-order chi connectivity index (χ1) is 9.39. The van der Waals surface area contributed by atoms with Gasteiger partial charge in [0.1, 0.15) is 5.69 Å². The van der Waals surface area contributed by atoms with Gasteiger partial charge in [-0.05, 0) is 33.2 Å². The standard InChI is InChI=1S/C14H17BN2O2S/c1-13(2)14(3,4)19-15(18-13)11-7-5-6-10(8-11)12-9-16-20-17-12/h5-9H,1-4H3. The Kier molecular flexibility index (Phi) is 3.19. The van der Waals surface area contributed by atoms with Crippen molar-refractivity contribution in [2.45, 2.75) is 38.9 Å². The first-order valence-electron chi connectivity index (χ1n) is 6.63. The molecule has 1 aliphatic heterocycles. The maximum atomic E-state index is 6.07. The van der Waals surface area contributed by atoms with E-state index in [2.05, 4.69) is 42.5 Å². The number of hydrogen-bond donors (Lipinski definition) is 0. The van der Waals surface area contributed by atoms with Gasteiger partial charge in [0.25, 0.3) is 0 Å². The second-order valence-corrected chi connectivity index (χ2v) is 6.56. The molecule has 2 heterocycles. The third kappa shape index (κ3) is 2.28. The van der Waals surface area contributed by atoms with Crippen LogP contribution in [-0.2, 0) is 9.31 Å². The van der Waals surface area contributed by atoms with Gasteiger partial charge >= 0.3 is 7.12 Å². The van der Waals surface area contributed by atoms with Gasteiger partial charge in [-0.1, -0.05) is 24.3 Å². The van der Waals surface area contributed by atoms with E-state index in [0.717, 1.165) is 16.7 Å². The van der Waals surface area contributed by atoms with Crippen LogP contribution in [0, 0.1) is 0 Å². The van der Waals surface area contributed by atoms with E-state index < -0.39 is 0 Å². The highest BCUT2D eigenvalue weighted by molar-refractivity contribution is 6.99. The summed E-state index contributed by atoms with van der Waals surface area (Å²) in [4.78, 5) is 0. The Hall–Kier alpha value is -1.24. The van der Waals surface area contributed by atoms with Gasteiger partial charge < -0.3 is 9.31 Å². The van der Waals surface area contributed by atoms with E-state index in [1.807, 2.05) is 18.2 Å². The van der Waals surface area contributed by atoms with Crippen LogP contribution in [0.3, 0.4) is 0 Å². The van der Waals surface area contributed by atoms with Gasteiger partial charge in [-0.25, -0.2) is 0 Å². The monoisotopic (exact) mass is 288 g/mol. The molecule has 1 aromatic carbocycles. The summed E-state index contributed by atoms with van der Waals surface area (Å²) in [5.41, 5.74) is 2.28. The maximum Gasteiger partial charge on any atom is 0.494 e. The summed E-state index contributed by atoms with van der Waals surface area (Å²) < 4.78 is 20.4. The van der Waals surface area contributed by atoms with Crippen molar-refractivity contribution in [1.29, 1.82) is 0 Å². The zero-order valence-electron chi connectivity index (χ0n) is 12.1. The Morgan fingerprint density at radius 2 is 1.80 bits per heavy atom. The second-order valence-electron chi connectivity index (χ2n) is 6.01. The van der Waals surface area contributed by atoms with Crippen LogP contribution in [-0.4, -0.2) is 27.1 Å². The lowest BCUT2D eigenvalue weighted by atomic mass is 9.78. The van der Waals surface area contributed by atoms with Crippen LogP contribution < -0.4 is 5.46 Å². The highest BCUT2D eigenvalue weighted by Crippen LogP contribution is 2.36. The minimum absolute atomic E-state index is 0.324. The average Bonchev–Trinajstić information content (AvgIpc) is 2.97. The van der Waals surface area contributed by atoms with E-state index in [4.69, 9.17) is 9.31 Å². The van der Waals surface area contributed by atoms with E-state index in [1.165, 1.54) is 11.7 Å². The van der Waals surface area contributed by atoms with Crippen molar-refractivity contribution >= 4 is 24.3 Å². The zero-order chi connectivity index (χ0) is 14.4. The second kappa shape index (κ2) is 4.65. The van der Waals surface area contributed by atoms with Crippen molar-refractivity contribution in [3.8, 4) is 11.3 Å². The first-order valence-corrected chi connectivity index (χ1v) is 7.36. The Morgan fingerprint density at radius 3 is 2.40 bits per heavy atom. The van der Waals surface area contributed by atoms with Crippen LogP contribution in [0.5, 0.6) is 0 Å². The predicted octanol–water partition coefficient (Wildman–Crippen LogP) is 2.50. The fourth-order valence-electron chi connectivity index (χ4n) is 2.12. The fourth-order valence-corrected chi connectivity index (χ4v) is 2.55. The normalized spacial score (nSPS) is 20.3. The van der Waals surface area contributed by atoms with E-state index in [-0.39, 0.29) is 18.3 Å². The summed E-state index contributed by atoms with van der Waals surface area (Å²) in [6.45, 7) is 8.23. The molecule has 4 nitrogen and oxygen atoms in total. The van der Waals surface area contributed by atoms with Gasteiger partial charge in [-0.15, -0.1) is 0 Å². The topological polar surface area (TPSA) is 44.2 Å². The number of rotatable bonds is 2. The lowest BCUT2D eigenvalue weighted by molar-refractivity contribution is 0.00578. The smallest absolute Gasteiger partial charge is 0.399 e. The molecule has 2 aromatic rings. The Bertz CT molecular complexity index is 597. The van der Waals surface area contributed by atoms with E-state index in [1.54, 1.807) is 6.20 Å². The highest BCUT2D eigenvalue weighted by Gasteiger charge is 2.51. The highest BCUT2D eigenvalue weighted by atomic mass is 32.1.